The molecule has 1 aliphatic rings. The summed E-state index contributed by atoms with van der Waals surface area (Å²) in [5.41, 5.74) is 0.945. The molecule has 0 saturated heterocycles. The topological polar surface area (TPSA) is 56.3 Å². The molecule has 2 aromatic rings. The Morgan fingerprint density at radius 1 is 1.55 bits per heavy atom. The molecule has 5 heteroatoms. The van der Waals surface area contributed by atoms with Gasteiger partial charge in [-0.15, -0.1) is 0 Å². The Labute approximate surface area is 116 Å². The van der Waals surface area contributed by atoms with Crippen LogP contribution in [-0.4, -0.2) is 40.6 Å². The third kappa shape index (κ3) is 2.41. The number of hydrogen-bond acceptors (Lipinski definition) is 2. The van der Waals surface area contributed by atoms with Crippen LogP contribution in [0.5, 0.6) is 0 Å². The predicted molar refractivity (Wildman–Crippen MR) is 73.9 cm³/mol. The lowest BCUT2D eigenvalue weighted by Gasteiger charge is -2.20. The van der Waals surface area contributed by atoms with Gasteiger partial charge in [-0.2, -0.15) is 0 Å². The van der Waals surface area contributed by atoms with Crippen molar-refractivity contribution in [2.75, 3.05) is 13.6 Å². The van der Waals surface area contributed by atoms with Crippen LogP contribution in [0.2, 0.25) is 0 Å². The van der Waals surface area contributed by atoms with E-state index in [1.54, 1.807) is 19.2 Å². The summed E-state index contributed by atoms with van der Waals surface area (Å²) in [6, 6.07) is 6.22. The summed E-state index contributed by atoms with van der Waals surface area (Å²) in [5, 5.41) is 10.3. The zero-order valence-electron chi connectivity index (χ0n) is 11.3. The van der Waals surface area contributed by atoms with Gasteiger partial charge in [-0.3, -0.25) is 4.79 Å². The summed E-state index contributed by atoms with van der Waals surface area (Å²) in [4.78, 5) is 16.7. The molecule has 2 N–H and O–H groups in total. The maximum atomic E-state index is 13.6. The van der Waals surface area contributed by atoms with Crippen molar-refractivity contribution >= 4 is 16.8 Å². The number of fused-ring (bicyclic) bond motifs is 1. The van der Waals surface area contributed by atoms with Crippen molar-refractivity contribution in [3.05, 3.63) is 35.8 Å². The van der Waals surface area contributed by atoms with Crippen molar-refractivity contribution in [1.29, 1.82) is 0 Å². The maximum Gasteiger partial charge on any atom is 0.270 e. The number of nitrogens with one attached hydrogen (secondary N) is 1. The number of aliphatic hydroxyl groups excluding tert-OH is 1. The number of aromatic nitrogens is 1. The van der Waals surface area contributed by atoms with E-state index in [1.807, 2.05) is 0 Å². The van der Waals surface area contributed by atoms with Gasteiger partial charge in [0.15, 0.2) is 0 Å². The summed E-state index contributed by atoms with van der Waals surface area (Å²) in [6.45, 7) is 0.307. The molecule has 1 atom stereocenters. The number of rotatable bonds is 4. The molecule has 1 aromatic heterocycles. The largest absolute Gasteiger partial charge is 0.391 e. The molecule has 0 radical (unpaired) electrons. The van der Waals surface area contributed by atoms with Crippen molar-refractivity contribution in [2.24, 2.45) is 5.92 Å². The fourth-order valence-electron chi connectivity index (χ4n) is 2.43. The van der Waals surface area contributed by atoms with Crippen LogP contribution in [-0.2, 0) is 0 Å². The second-order valence-electron chi connectivity index (χ2n) is 5.47. The summed E-state index contributed by atoms with van der Waals surface area (Å²) in [6.07, 6.45) is 1.59. The fourth-order valence-corrected chi connectivity index (χ4v) is 2.43. The quantitative estimate of drug-likeness (QED) is 0.899. The number of likely N-dealkylation sites (N-methyl/N-ethyl adjacent to an activating group) is 1. The van der Waals surface area contributed by atoms with Crippen LogP contribution in [0.3, 0.4) is 0 Å². The highest BCUT2D eigenvalue weighted by molar-refractivity contribution is 5.98. The molecular weight excluding hydrogens is 259 g/mol. The highest BCUT2D eigenvalue weighted by Crippen LogP contribution is 2.32. The standard InChI is InChI=1S/C15H17FN2O2/c1-18(8-14(19)9-5-6-9)15(20)13-7-10-11(16)3-2-4-12(10)17-13/h2-4,7,9,14,17,19H,5-6,8H2,1H3. The molecular formula is C15H17FN2O2. The number of aromatic amines is 1. The number of H-pyrrole nitrogens is 1. The minimum absolute atomic E-state index is 0.236. The molecule has 1 saturated carbocycles. The minimum atomic E-state index is -0.468. The van der Waals surface area contributed by atoms with E-state index < -0.39 is 6.10 Å². The van der Waals surface area contributed by atoms with Gasteiger partial charge in [-0.1, -0.05) is 6.07 Å². The number of benzene rings is 1. The minimum Gasteiger partial charge on any atom is -0.391 e. The van der Waals surface area contributed by atoms with Gasteiger partial charge in [0.05, 0.1) is 6.10 Å². The van der Waals surface area contributed by atoms with Gasteiger partial charge in [-0.25, -0.2) is 4.39 Å². The van der Waals surface area contributed by atoms with E-state index in [1.165, 1.54) is 17.0 Å². The van der Waals surface area contributed by atoms with Gasteiger partial charge in [0.2, 0.25) is 0 Å². The van der Waals surface area contributed by atoms with Crippen LogP contribution in [0.4, 0.5) is 4.39 Å². The Hall–Kier alpha value is -1.88. The Kier molecular flexibility index (Phi) is 3.22. The molecule has 3 rings (SSSR count). The SMILES string of the molecule is CN(CC(O)C1CC1)C(=O)c1cc2c(F)cccc2[nH]1. The van der Waals surface area contributed by atoms with Crippen molar-refractivity contribution in [3.63, 3.8) is 0 Å². The van der Waals surface area contributed by atoms with Crippen LogP contribution >= 0.6 is 0 Å². The molecule has 1 amide bonds. The third-order valence-corrected chi connectivity index (χ3v) is 3.82. The van der Waals surface area contributed by atoms with Gasteiger partial charge < -0.3 is 15.0 Å². The first-order valence-corrected chi connectivity index (χ1v) is 6.77. The van der Waals surface area contributed by atoms with Crippen LogP contribution in [0.25, 0.3) is 10.9 Å². The highest BCUT2D eigenvalue weighted by Gasteiger charge is 2.31. The molecule has 106 valence electrons. The first kappa shape index (κ1) is 13.1. The van der Waals surface area contributed by atoms with Gasteiger partial charge in [0, 0.05) is 24.5 Å². The second kappa shape index (κ2) is 4.90. The molecule has 20 heavy (non-hydrogen) atoms. The Bertz CT molecular complexity index is 648. The van der Waals surface area contributed by atoms with Crippen LogP contribution in [0, 0.1) is 11.7 Å². The van der Waals surface area contributed by atoms with Crippen LogP contribution in [0.15, 0.2) is 24.3 Å². The molecule has 1 unspecified atom stereocenters. The van der Waals surface area contributed by atoms with Crippen molar-refractivity contribution in [3.8, 4) is 0 Å². The number of nitrogens with zero attached hydrogens (tertiary/aromatic N) is 1. The zero-order valence-corrected chi connectivity index (χ0v) is 11.3. The van der Waals surface area contributed by atoms with E-state index in [4.69, 9.17) is 0 Å². The van der Waals surface area contributed by atoms with Crippen LogP contribution < -0.4 is 0 Å². The summed E-state index contributed by atoms with van der Waals surface area (Å²) in [5.74, 6) is -0.260. The fraction of sp³-hybridized carbons (Fsp3) is 0.400. The van der Waals surface area contributed by atoms with E-state index in [-0.39, 0.29) is 11.7 Å². The summed E-state index contributed by atoms with van der Waals surface area (Å²) < 4.78 is 13.6. The number of hydrogen-bond donors (Lipinski definition) is 2. The average molecular weight is 276 g/mol. The zero-order chi connectivity index (χ0) is 14.3. The van der Waals surface area contributed by atoms with Gasteiger partial charge in [-0.05, 0) is 37.0 Å². The van der Waals surface area contributed by atoms with Gasteiger partial charge in [0.25, 0.3) is 5.91 Å². The number of aliphatic hydroxyl groups is 1. The van der Waals surface area contributed by atoms with Gasteiger partial charge in [0.1, 0.15) is 11.5 Å². The Balaban J connectivity index is 1.79. The number of carbonyl (C=O) groups excluding carboxylic acids is 1. The molecule has 0 spiro atoms. The maximum absolute atomic E-state index is 13.6. The lowest BCUT2D eigenvalue weighted by atomic mass is 10.2. The van der Waals surface area contributed by atoms with E-state index in [9.17, 15) is 14.3 Å². The Morgan fingerprint density at radius 3 is 2.95 bits per heavy atom. The van der Waals surface area contributed by atoms with Crippen molar-refractivity contribution in [2.45, 2.75) is 18.9 Å². The first-order valence-electron chi connectivity index (χ1n) is 6.77. The van der Waals surface area contributed by atoms with Crippen molar-refractivity contribution in [1.82, 2.24) is 9.88 Å². The molecule has 1 fully saturated rings. The van der Waals surface area contributed by atoms with Crippen LogP contribution in [0.1, 0.15) is 23.3 Å². The predicted octanol–water partition coefficient (Wildman–Crippen LogP) is 2.15. The molecule has 0 bridgehead atoms. The summed E-state index contributed by atoms with van der Waals surface area (Å²) in [7, 11) is 1.65. The second-order valence-corrected chi connectivity index (χ2v) is 5.47. The van der Waals surface area contributed by atoms with Gasteiger partial charge >= 0.3 is 0 Å². The molecule has 4 nitrogen and oxygen atoms in total. The van der Waals surface area contributed by atoms with E-state index in [0.29, 0.717) is 29.1 Å². The average Bonchev–Trinajstić information content (AvgIpc) is 3.18. The molecule has 1 heterocycles. The number of amides is 1. The lowest BCUT2D eigenvalue weighted by molar-refractivity contribution is 0.0641. The van der Waals surface area contributed by atoms with E-state index in [2.05, 4.69) is 4.98 Å². The summed E-state index contributed by atoms with van der Waals surface area (Å²) >= 11 is 0. The van der Waals surface area contributed by atoms with E-state index in [0.717, 1.165) is 12.8 Å². The Morgan fingerprint density at radius 2 is 2.30 bits per heavy atom. The first-order chi connectivity index (χ1) is 9.56. The molecule has 0 aliphatic heterocycles. The van der Waals surface area contributed by atoms with E-state index >= 15 is 0 Å². The highest BCUT2D eigenvalue weighted by atomic mass is 19.1. The smallest absolute Gasteiger partial charge is 0.270 e. The monoisotopic (exact) mass is 276 g/mol. The lowest BCUT2D eigenvalue weighted by Crippen LogP contribution is -2.35. The molecule has 1 aromatic carbocycles. The van der Waals surface area contributed by atoms with Crippen molar-refractivity contribution < 1.29 is 14.3 Å². The third-order valence-electron chi connectivity index (χ3n) is 3.82. The number of halogens is 1. The molecule has 1 aliphatic carbocycles. The normalized spacial score (nSPS) is 16.4. The number of carbonyl (C=O) groups is 1.